The Balaban J connectivity index is 2.38. The van der Waals surface area contributed by atoms with Crippen molar-refractivity contribution in [1.29, 1.82) is 0 Å². The van der Waals surface area contributed by atoms with E-state index >= 15 is 0 Å². The van der Waals surface area contributed by atoms with Crippen molar-refractivity contribution >= 4 is 23.3 Å². The van der Waals surface area contributed by atoms with Gasteiger partial charge in [0.15, 0.2) is 0 Å². The molecule has 0 aromatic heterocycles. The predicted molar refractivity (Wildman–Crippen MR) is 98.0 cm³/mol. The maximum atomic E-state index is 12.5. The summed E-state index contributed by atoms with van der Waals surface area (Å²) in [5, 5.41) is 23.3. The maximum Gasteiger partial charge on any atom is 0.337 e. The number of aliphatic hydroxyl groups is 1. The van der Waals surface area contributed by atoms with Crippen LogP contribution in [0.25, 0.3) is 0 Å². The molecule has 0 unspecified atom stereocenters. The number of amides is 1. The number of methoxy groups -OCH3 is 1. The van der Waals surface area contributed by atoms with Crippen LogP contribution in [0.4, 0.5) is 11.4 Å². The Labute approximate surface area is 156 Å². The number of aliphatic hydroxyl groups excluding tert-OH is 1. The summed E-state index contributed by atoms with van der Waals surface area (Å²) in [5.41, 5.74) is 0.778. The van der Waals surface area contributed by atoms with E-state index in [9.17, 15) is 19.7 Å². The van der Waals surface area contributed by atoms with Crippen molar-refractivity contribution in [2.75, 3.05) is 32.1 Å². The van der Waals surface area contributed by atoms with Crippen LogP contribution in [-0.2, 0) is 20.7 Å². The predicted octanol–water partition coefficient (Wildman–Crippen LogP) is 1.61. The molecule has 0 aliphatic carbocycles. The number of hydrogen-bond acceptors (Lipinski definition) is 7. The molecule has 0 atom stereocenters. The van der Waals surface area contributed by atoms with Crippen molar-refractivity contribution in [1.82, 2.24) is 4.90 Å². The third kappa shape index (κ3) is 4.62. The van der Waals surface area contributed by atoms with E-state index in [1.165, 1.54) is 24.1 Å². The first kappa shape index (κ1) is 20.4. The molecule has 146 valence electrons. The smallest absolute Gasteiger partial charge is 0.337 e. The van der Waals surface area contributed by atoms with Crippen molar-refractivity contribution in [3.63, 3.8) is 0 Å². The molecule has 27 heavy (non-hydrogen) atoms. The number of hydrogen-bond donors (Lipinski definition) is 2. The summed E-state index contributed by atoms with van der Waals surface area (Å²) in [5.74, 6) is -1.22. The Morgan fingerprint density at radius 1 is 1.44 bits per heavy atom. The first-order chi connectivity index (χ1) is 12.9. The van der Waals surface area contributed by atoms with Gasteiger partial charge in [0.25, 0.3) is 11.6 Å². The quantitative estimate of drug-likeness (QED) is 0.381. The van der Waals surface area contributed by atoms with Crippen LogP contribution < -0.4 is 5.32 Å². The number of nitrogens with zero attached hydrogens (tertiary/aromatic N) is 2. The molecule has 1 aromatic rings. The molecule has 0 fully saturated rings. The van der Waals surface area contributed by atoms with Crippen LogP contribution >= 0.6 is 0 Å². The van der Waals surface area contributed by atoms with E-state index < -0.39 is 16.8 Å². The lowest BCUT2D eigenvalue weighted by molar-refractivity contribution is -0.384. The van der Waals surface area contributed by atoms with Crippen molar-refractivity contribution in [3.05, 3.63) is 45.1 Å². The largest absolute Gasteiger partial charge is 0.466 e. The molecule has 2 N–H and O–H groups in total. The van der Waals surface area contributed by atoms with Gasteiger partial charge in [-0.15, -0.1) is 0 Å². The van der Waals surface area contributed by atoms with Gasteiger partial charge < -0.3 is 20.1 Å². The molecule has 0 saturated carbocycles. The van der Waals surface area contributed by atoms with E-state index in [-0.39, 0.29) is 42.3 Å². The molecule has 9 nitrogen and oxygen atoms in total. The first-order valence-electron chi connectivity index (χ1n) is 8.68. The van der Waals surface area contributed by atoms with E-state index in [4.69, 9.17) is 9.84 Å². The van der Waals surface area contributed by atoms with Gasteiger partial charge in [-0.25, -0.2) is 4.79 Å². The van der Waals surface area contributed by atoms with E-state index in [0.29, 0.717) is 0 Å². The van der Waals surface area contributed by atoms with E-state index in [2.05, 4.69) is 5.32 Å². The minimum Gasteiger partial charge on any atom is -0.466 e. The van der Waals surface area contributed by atoms with Crippen LogP contribution in [0.1, 0.15) is 25.3 Å². The van der Waals surface area contributed by atoms with Crippen LogP contribution in [0.3, 0.4) is 0 Å². The van der Waals surface area contributed by atoms with Gasteiger partial charge in [0, 0.05) is 12.6 Å². The van der Waals surface area contributed by atoms with Crippen molar-refractivity contribution in [2.24, 2.45) is 0 Å². The average molecular weight is 377 g/mol. The Morgan fingerprint density at radius 2 is 2.19 bits per heavy atom. The molecule has 0 spiro atoms. The SMILES string of the molecule is CCCCc1ccc(NC2=C(C(=O)OC)CN(CCO)C2=O)c([N+](=O)[O-])c1. The lowest BCUT2D eigenvalue weighted by Crippen LogP contribution is -2.31. The van der Waals surface area contributed by atoms with E-state index in [0.717, 1.165) is 24.8 Å². The van der Waals surface area contributed by atoms with Gasteiger partial charge in [-0.1, -0.05) is 19.4 Å². The van der Waals surface area contributed by atoms with E-state index in [1.54, 1.807) is 6.07 Å². The average Bonchev–Trinajstić information content (AvgIpc) is 2.96. The van der Waals surface area contributed by atoms with E-state index in [1.807, 2.05) is 6.92 Å². The molecule has 2 rings (SSSR count). The zero-order valence-corrected chi connectivity index (χ0v) is 15.4. The topological polar surface area (TPSA) is 122 Å². The van der Waals surface area contributed by atoms with Gasteiger partial charge in [-0.3, -0.25) is 14.9 Å². The molecule has 0 bridgehead atoms. The summed E-state index contributed by atoms with van der Waals surface area (Å²) in [6.07, 6.45) is 2.60. The number of unbranched alkanes of at least 4 members (excludes halogenated alkanes) is 1. The number of carbonyl (C=O) groups excluding carboxylic acids is 2. The fourth-order valence-corrected chi connectivity index (χ4v) is 2.85. The number of anilines is 1. The highest BCUT2D eigenvalue weighted by atomic mass is 16.6. The molecular formula is C18H23N3O6. The van der Waals surface area contributed by atoms with Gasteiger partial charge in [-0.05, 0) is 24.5 Å². The van der Waals surface area contributed by atoms with Gasteiger partial charge >= 0.3 is 5.97 Å². The van der Waals surface area contributed by atoms with Crippen LogP contribution in [-0.4, -0.2) is 53.6 Å². The molecule has 0 radical (unpaired) electrons. The lowest BCUT2D eigenvalue weighted by atomic mass is 10.1. The van der Waals surface area contributed by atoms with Crippen LogP contribution in [0.5, 0.6) is 0 Å². The molecular weight excluding hydrogens is 354 g/mol. The lowest BCUT2D eigenvalue weighted by Gasteiger charge is -2.15. The number of β-amino-alcohol motifs (C(OH)–C–C–N with tert-alkyl or cyclic N) is 1. The Kier molecular flexibility index (Phi) is 6.89. The number of benzene rings is 1. The monoisotopic (exact) mass is 377 g/mol. The number of nitrogens with one attached hydrogen (secondary N) is 1. The first-order valence-corrected chi connectivity index (χ1v) is 8.68. The summed E-state index contributed by atoms with van der Waals surface area (Å²) in [4.78, 5) is 36.8. The highest BCUT2D eigenvalue weighted by Crippen LogP contribution is 2.30. The van der Waals surface area contributed by atoms with Crippen molar-refractivity contribution < 1.29 is 24.4 Å². The van der Waals surface area contributed by atoms with Gasteiger partial charge in [-0.2, -0.15) is 0 Å². The van der Waals surface area contributed by atoms with Crippen molar-refractivity contribution in [2.45, 2.75) is 26.2 Å². The number of nitro groups is 1. The van der Waals surface area contributed by atoms with Crippen molar-refractivity contribution in [3.8, 4) is 0 Å². The minimum absolute atomic E-state index is 0.0310. The highest BCUT2D eigenvalue weighted by molar-refractivity contribution is 6.08. The van der Waals surface area contributed by atoms with Crippen LogP contribution in [0.15, 0.2) is 29.5 Å². The Hall–Kier alpha value is -2.94. The Morgan fingerprint density at radius 3 is 2.78 bits per heavy atom. The molecule has 1 heterocycles. The number of esters is 1. The second kappa shape index (κ2) is 9.13. The molecule has 1 aliphatic rings. The summed E-state index contributed by atoms with van der Waals surface area (Å²) in [6.45, 7) is 1.79. The third-order valence-electron chi connectivity index (χ3n) is 4.29. The van der Waals surface area contributed by atoms with Gasteiger partial charge in [0.1, 0.15) is 11.4 Å². The highest BCUT2D eigenvalue weighted by Gasteiger charge is 2.35. The number of ether oxygens (including phenoxy) is 1. The van der Waals surface area contributed by atoms with Crippen LogP contribution in [0, 0.1) is 10.1 Å². The van der Waals surface area contributed by atoms with Crippen LogP contribution in [0.2, 0.25) is 0 Å². The zero-order valence-electron chi connectivity index (χ0n) is 15.4. The molecule has 1 amide bonds. The Bertz CT molecular complexity index is 774. The fraction of sp³-hybridized carbons (Fsp3) is 0.444. The molecule has 0 saturated heterocycles. The third-order valence-corrected chi connectivity index (χ3v) is 4.29. The number of carbonyl (C=O) groups is 2. The normalized spacial score (nSPS) is 13.9. The van der Waals surface area contributed by atoms with Gasteiger partial charge in [0.2, 0.25) is 0 Å². The van der Waals surface area contributed by atoms with Gasteiger partial charge in [0.05, 0.1) is 30.8 Å². The minimum atomic E-state index is -0.700. The zero-order chi connectivity index (χ0) is 20.0. The number of rotatable bonds is 9. The maximum absolute atomic E-state index is 12.5. The molecule has 1 aliphatic heterocycles. The fourth-order valence-electron chi connectivity index (χ4n) is 2.85. The molecule has 1 aromatic carbocycles. The standard InChI is InChI=1S/C18H23N3O6/c1-3-4-5-12-6-7-14(15(10-12)21(25)26)19-16-13(18(24)27-2)11-20(8-9-22)17(16)23/h6-7,10,19,22H,3-5,8-9,11H2,1-2H3. The second-order valence-electron chi connectivity index (χ2n) is 6.13. The number of nitro benzene ring substituents is 1. The molecule has 9 heteroatoms. The summed E-state index contributed by atoms with van der Waals surface area (Å²) in [7, 11) is 1.19. The summed E-state index contributed by atoms with van der Waals surface area (Å²) < 4.78 is 4.71. The second-order valence-corrected chi connectivity index (χ2v) is 6.13. The summed E-state index contributed by atoms with van der Waals surface area (Å²) >= 11 is 0. The number of aryl methyl sites for hydroxylation is 1. The summed E-state index contributed by atoms with van der Waals surface area (Å²) in [6, 6.07) is 4.77.